The van der Waals surface area contributed by atoms with E-state index in [0.29, 0.717) is 18.0 Å². The van der Waals surface area contributed by atoms with Crippen molar-refractivity contribution in [1.82, 2.24) is 20.0 Å². The number of nitrogens with zero attached hydrogens (tertiary/aromatic N) is 3. The fourth-order valence-electron chi connectivity index (χ4n) is 4.12. The van der Waals surface area contributed by atoms with Crippen LogP contribution in [0.1, 0.15) is 62.1 Å². The topological polar surface area (TPSA) is 69.3 Å². The highest BCUT2D eigenvalue weighted by Gasteiger charge is 2.42. The molecule has 0 radical (unpaired) electrons. The number of hydrogen-bond donors (Lipinski definition) is 1. The lowest BCUT2D eigenvalue weighted by Crippen LogP contribution is -2.55. The normalized spacial score (nSPS) is 24.4. The van der Waals surface area contributed by atoms with Crippen LogP contribution >= 0.6 is 0 Å². The molecular formula is C19H30N4O2. The lowest BCUT2D eigenvalue weighted by molar-refractivity contribution is -0.139. The fourth-order valence-corrected chi connectivity index (χ4v) is 4.12. The van der Waals surface area contributed by atoms with E-state index in [1.807, 2.05) is 22.8 Å². The lowest BCUT2D eigenvalue weighted by Gasteiger charge is -2.48. The van der Waals surface area contributed by atoms with Crippen molar-refractivity contribution >= 4 is 11.8 Å². The van der Waals surface area contributed by atoms with Crippen molar-refractivity contribution < 1.29 is 9.59 Å². The van der Waals surface area contributed by atoms with Crippen LogP contribution in [0.3, 0.4) is 0 Å². The standard InChI is InChI=1S/C19H30N4O2/c1-14(2)6-10-22-12-19(8-5-17(22)24)7-4-9-23(13-19)18(25)16-11-15(3)20-21-16/h11,14H,4-10,12-13H2,1-3H3,(H,20,21). The number of nitrogens with one attached hydrogen (secondary N) is 1. The Morgan fingerprint density at radius 2 is 2.16 bits per heavy atom. The summed E-state index contributed by atoms with van der Waals surface area (Å²) in [4.78, 5) is 29.0. The molecule has 2 aliphatic heterocycles. The number of aromatic nitrogens is 2. The fraction of sp³-hybridized carbons (Fsp3) is 0.737. The Bertz CT molecular complexity index is 639. The molecule has 0 saturated carbocycles. The Morgan fingerprint density at radius 3 is 2.84 bits per heavy atom. The molecule has 138 valence electrons. The summed E-state index contributed by atoms with van der Waals surface area (Å²) in [6, 6.07) is 1.81. The van der Waals surface area contributed by atoms with Crippen LogP contribution < -0.4 is 0 Å². The van der Waals surface area contributed by atoms with Crippen molar-refractivity contribution in [3.05, 3.63) is 17.5 Å². The number of carbonyl (C=O) groups is 2. The van der Waals surface area contributed by atoms with Crippen LogP contribution in [0.15, 0.2) is 6.07 Å². The van der Waals surface area contributed by atoms with Gasteiger partial charge in [0.2, 0.25) is 5.91 Å². The molecule has 25 heavy (non-hydrogen) atoms. The van der Waals surface area contributed by atoms with Crippen molar-refractivity contribution in [1.29, 1.82) is 0 Å². The largest absolute Gasteiger partial charge is 0.342 e. The van der Waals surface area contributed by atoms with Gasteiger partial charge in [0, 0.05) is 43.7 Å². The molecular weight excluding hydrogens is 316 g/mol. The number of likely N-dealkylation sites (tertiary alicyclic amines) is 2. The predicted octanol–water partition coefficient (Wildman–Crippen LogP) is 2.61. The summed E-state index contributed by atoms with van der Waals surface area (Å²) >= 11 is 0. The van der Waals surface area contributed by atoms with Gasteiger partial charge >= 0.3 is 0 Å². The molecule has 3 rings (SSSR count). The molecule has 6 heteroatoms. The first-order valence-corrected chi connectivity index (χ1v) is 9.48. The molecule has 6 nitrogen and oxygen atoms in total. The average Bonchev–Trinajstić information content (AvgIpc) is 3.02. The SMILES string of the molecule is Cc1cc(C(=O)N2CCCC3(CCC(=O)N(CCC(C)C)C3)C2)n[nH]1. The van der Waals surface area contributed by atoms with E-state index in [1.165, 1.54) is 0 Å². The Balaban J connectivity index is 1.68. The third-order valence-electron chi connectivity index (χ3n) is 5.60. The molecule has 3 heterocycles. The zero-order valence-corrected chi connectivity index (χ0v) is 15.7. The highest BCUT2D eigenvalue weighted by Crippen LogP contribution is 2.39. The summed E-state index contributed by atoms with van der Waals surface area (Å²) in [6.07, 6.45) is 4.65. The first-order chi connectivity index (χ1) is 11.9. The lowest BCUT2D eigenvalue weighted by atomic mass is 9.73. The van der Waals surface area contributed by atoms with Crippen molar-refractivity contribution in [3.63, 3.8) is 0 Å². The molecule has 0 bridgehead atoms. The van der Waals surface area contributed by atoms with E-state index in [0.717, 1.165) is 57.6 Å². The number of hydrogen-bond acceptors (Lipinski definition) is 3. The van der Waals surface area contributed by atoms with Gasteiger partial charge in [-0.05, 0) is 44.6 Å². The molecule has 1 aromatic rings. The van der Waals surface area contributed by atoms with Crippen molar-refractivity contribution in [2.45, 2.75) is 52.9 Å². The number of H-pyrrole nitrogens is 1. The van der Waals surface area contributed by atoms with Crippen LogP contribution in [-0.2, 0) is 4.79 Å². The Morgan fingerprint density at radius 1 is 1.36 bits per heavy atom. The minimum absolute atomic E-state index is 0.00838. The molecule has 1 aromatic heterocycles. The van der Waals surface area contributed by atoms with Gasteiger partial charge in [0.1, 0.15) is 5.69 Å². The molecule has 2 amide bonds. The second-order valence-corrected chi connectivity index (χ2v) is 8.26. The van der Waals surface area contributed by atoms with E-state index in [1.54, 1.807) is 0 Å². The van der Waals surface area contributed by atoms with Gasteiger partial charge in [-0.15, -0.1) is 0 Å². The summed E-state index contributed by atoms with van der Waals surface area (Å²) in [5.74, 6) is 0.879. The minimum Gasteiger partial charge on any atom is -0.342 e. The molecule has 0 aromatic carbocycles. The van der Waals surface area contributed by atoms with Crippen LogP contribution in [0.5, 0.6) is 0 Å². The Kier molecular flexibility index (Phi) is 5.16. The summed E-state index contributed by atoms with van der Waals surface area (Å²) < 4.78 is 0. The maximum Gasteiger partial charge on any atom is 0.274 e. The number of piperidine rings is 2. The molecule has 2 saturated heterocycles. The van der Waals surface area contributed by atoms with E-state index in [-0.39, 0.29) is 17.2 Å². The Labute approximate surface area is 149 Å². The van der Waals surface area contributed by atoms with Gasteiger partial charge in [0.15, 0.2) is 0 Å². The number of rotatable bonds is 4. The van der Waals surface area contributed by atoms with Crippen LogP contribution in [-0.4, -0.2) is 58.0 Å². The number of carbonyl (C=O) groups excluding carboxylic acids is 2. The number of aromatic amines is 1. The van der Waals surface area contributed by atoms with Crippen LogP contribution in [0, 0.1) is 18.3 Å². The minimum atomic E-state index is 0.00838. The highest BCUT2D eigenvalue weighted by molar-refractivity contribution is 5.92. The van der Waals surface area contributed by atoms with Gasteiger partial charge in [-0.3, -0.25) is 14.7 Å². The maximum atomic E-state index is 12.8. The monoisotopic (exact) mass is 346 g/mol. The molecule has 1 spiro atoms. The number of aryl methyl sites for hydroxylation is 1. The van der Waals surface area contributed by atoms with Crippen molar-refractivity contribution in [3.8, 4) is 0 Å². The van der Waals surface area contributed by atoms with Gasteiger partial charge in [-0.2, -0.15) is 5.10 Å². The maximum absolute atomic E-state index is 12.8. The zero-order chi connectivity index (χ0) is 18.0. The highest BCUT2D eigenvalue weighted by atomic mass is 16.2. The summed E-state index contributed by atoms with van der Waals surface area (Å²) in [5.41, 5.74) is 1.46. The van der Waals surface area contributed by atoms with Crippen LogP contribution in [0.2, 0.25) is 0 Å². The zero-order valence-electron chi connectivity index (χ0n) is 15.7. The number of amides is 2. The average molecular weight is 346 g/mol. The second kappa shape index (κ2) is 7.18. The van der Waals surface area contributed by atoms with Crippen molar-refractivity contribution in [2.24, 2.45) is 11.3 Å². The van der Waals surface area contributed by atoms with Crippen molar-refractivity contribution in [2.75, 3.05) is 26.2 Å². The second-order valence-electron chi connectivity index (χ2n) is 8.26. The van der Waals surface area contributed by atoms with Gasteiger partial charge in [-0.1, -0.05) is 13.8 Å². The third kappa shape index (κ3) is 4.05. The van der Waals surface area contributed by atoms with Gasteiger partial charge in [0.05, 0.1) is 0 Å². The van der Waals surface area contributed by atoms with E-state index in [9.17, 15) is 9.59 Å². The van der Waals surface area contributed by atoms with E-state index in [4.69, 9.17) is 0 Å². The third-order valence-corrected chi connectivity index (χ3v) is 5.60. The summed E-state index contributed by atoms with van der Waals surface area (Å²) in [7, 11) is 0. The molecule has 1 N–H and O–H groups in total. The Hall–Kier alpha value is -1.85. The quantitative estimate of drug-likeness (QED) is 0.911. The molecule has 1 atom stereocenters. The molecule has 2 fully saturated rings. The van der Waals surface area contributed by atoms with Crippen LogP contribution in [0.4, 0.5) is 0 Å². The van der Waals surface area contributed by atoms with Gasteiger partial charge < -0.3 is 9.80 Å². The van der Waals surface area contributed by atoms with Gasteiger partial charge in [-0.25, -0.2) is 0 Å². The summed E-state index contributed by atoms with van der Waals surface area (Å²) in [5, 5.41) is 6.97. The van der Waals surface area contributed by atoms with E-state index in [2.05, 4.69) is 24.0 Å². The smallest absolute Gasteiger partial charge is 0.274 e. The summed E-state index contributed by atoms with van der Waals surface area (Å²) in [6.45, 7) is 9.44. The van der Waals surface area contributed by atoms with E-state index >= 15 is 0 Å². The first-order valence-electron chi connectivity index (χ1n) is 9.48. The van der Waals surface area contributed by atoms with Crippen LogP contribution in [0.25, 0.3) is 0 Å². The molecule has 2 aliphatic rings. The first kappa shape index (κ1) is 18.0. The molecule has 0 aliphatic carbocycles. The molecule has 1 unspecified atom stereocenters. The van der Waals surface area contributed by atoms with E-state index < -0.39 is 0 Å². The predicted molar refractivity (Wildman–Crippen MR) is 96.2 cm³/mol. The van der Waals surface area contributed by atoms with Gasteiger partial charge in [0.25, 0.3) is 5.91 Å².